The van der Waals surface area contributed by atoms with E-state index >= 15 is 0 Å². The van der Waals surface area contributed by atoms with Crippen molar-refractivity contribution in [3.63, 3.8) is 0 Å². The number of aliphatic hydroxyl groups is 1. The van der Waals surface area contributed by atoms with E-state index in [1.807, 2.05) is 11.0 Å². The van der Waals surface area contributed by atoms with Crippen LogP contribution in [0.2, 0.25) is 5.15 Å². The highest BCUT2D eigenvalue weighted by Gasteiger charge is 2.34. The van der Waals surface area contributed by atoms with Crippen LogP contribution in [0.5, 0.6) is 0 Å². The first-order valence-electron chi connectivity index (χ1n) is 6.45. The first-order chi connectivity index (χ1) is 9.20. The lowest BCUT2D eigenvalue weighted by Gasteiger charge is -2.37. The number of pyridine rings is 1. The van der Waals surface area contributed by atoms with Crippen LogP contribution in [0.4, 0.5) is 5.82 Å². The van der Waals surface area contributed by atoms with E-state index in [4.69, 9.17) is 16.9 Å². The van der Waals surface area contributed by atoms with Gasteiger partial charge in [-0.1, -0.05) is 24.4 Å². The minimum atomic E-state index is -0.911. The molecule has 4 nitrogen and oxygen atoms in total. The van der Waals surface area contributed by atoms with Crippen molar-refractivity contribution >= 4 is 23.5 Å². The van der Waals surface area contributed by atoms with Gasteiger partial charge >= 0.3 is 0 Å². The first kappa shape index (κ1) is 12.5. The number of hydrogen-bond acceptors (Lipinski definition) is 4. The summed E-state index contributed by atoms with van der Waals surface area (Å²) in [5.74, 6) is 0.686. The summed E-state index contributed by atoms with van der Waals surface area (Å²) in [7, 11) is 0. The molecule has 2 aliphatic rings. The number of aromatic nitrogens is 1. The quantitative estimate of drug-likeness (QED) is 0.801. The van der Waals surface area contributed by atoms with E-state index in [1.54, 1.807) is 12.1 Å². The third-order valence-corrected chi connectivity index (χ3v) is 4.03. The van der Waals surface area contributed by atoms with Crippen LogP contribution in [0.25, 0.3) is 6.08 Å². The topological polar surface area (TPSA) is 60.2 Å². The van der Waals surface area contributed by atoms with Gasteiger partial charge in [-0.25, -0.2) is 4.98 Å². The Morgan fingerprint density at radius 2 is 2.11 bits per heavy atom. The fraction of sp³-hybridized carbons (Fsp3) is 0.429. The molecule has 0 amide bonds. The average Bonchev–Trinajstić information content (AvgIpc) is 2.91. The maximum Gasteiger partial charge on any atom is 0.164 e. The van der Waals surface area contributed by atoms with Gasteiger partial charge in [-0.15, -0.1) is 0 Å². The zero-order chi connectivity index (χ0) is 13.4. The highest BCUT2D eigenvalue weighted by atomic mass is 35.5. The Morgan fingerprint density at radius 1 is 1.37 bits per heavy atom. The van der Waals surface area contributed by atoms with Crippen LogP contribution < -0.4 is 4.90 Å². The molecule has 0 radical (unpaired) electrons. The SMILES string of the molecule is N#CC1=Cc2ccc(Cl)nc2N(C2CCCC2)C1O. The third kappa shape index (κ3) is 2.09. The summed E-state index contributed by atoms with van der Waals surface area (Å²) in [5, 5.41) is 19.9. The number of aliphatic hydroxyl groups excluding tert-OH is 1. The Hall–Kier alpha value is -1.57. The van der Waals surface area contributed by atoms with Crippen molar-refractivity contribution in [3.05, 3.63) is 28.4 Å². The standard InChI is InChI=1S/C14H14ClN3O/c15-12-6-5-9-7-10(8-16)14(19)18(13(9)17-12)11-3-1-2-4-11/h5-7,11,14,19H,1-4H2. The van der Waals surface area contributed by atoms with Gasteiger partial charge in [0, 0.05) is 11.6 Å². The van der Waals surface area contributed by atoms with Crippen molar-refractivity contribution in [2.45, 2.75) is 38.0 Å². The average molecular weight is 276 g/mol. The summed E-state index contributed by atoms with van der Waals surface area (Å²) in [4.78, 5) is 6.19. The van der Waals surface area contributed by atoms with Crippen LogP contribution >= 0.6 is 11.6 Å². The molecule has 1 atom stereocenters. The van der Waals surface area contributed by atoms with Crippen molar-refractivity contribution in [3.8, 4) is 6.07 Å². The molecule has 1 aromatic rings. The highest BCUT2D eigenvalue weighted by Crippen LogP contribution is 2.36. The summed E-state index contributed by atoms with van der Waals surface area (Å²) < 4.78 is 0. The van der Waals surface area contributed by atoms with E-state index in [1.165, 1.54) is 0 Å². The van der Waals surface area contributed by atoms with Gasteiger partial charge in [0.2, 0.25) is 0 Å². The number of rotatable bonds is 1. The monoisotopic (exact) mass is 275 g/mol. The van der Waals surface area contributed by atoms with Gasteiger partial charge in [0.15, 0.2) is 6.23 Å². The van der Waals surface area contributed by atoms with Crippen LogP contribution in [-0.4, -0.2) is 22.4 Å². The zero-order valence-electron chi connectivity index (χ0n) is 10.4. The number of halogens is 1. The molecule has 3 rings (SSSR count). The van der Waals surface area contributed by atoms with E-state index < -0.39 is 6.23 Å². The normalized spacial score (nSPS) is 22.9. The number of nitriles is 1. The van der Waals surface area contributed by atoms with Crippen molar-refractivity contribution < 1.29 is 5.11 Å². The molecule has 0 saturated heterocycles. The smallest absolute Gasteiger partial charge is 0.164 e. The summed E-state index contributed by atoms with van der Waals surface area (Å²) in [6, 6.07) is 5.85. The van der Waals surface area contributed by atoms with Gasteiger partial charge in [0.1, 0.15) is 11.0 Å². The van der Waals surface area contributed by atoms with E-state index in [-0.39, 0.29) is 6.04 Å². The lowest BCUT2D eigenvalue weighted by Crippen LogP contribution is -2.45. The molecule has 1 aliphatic carbocycles. The summed E-state index contributed by atoms with van der Waals surface area (Å²) >= 11 is 5.96. The molecule has 1 unspecified atom stereocenters. The minimum Gasteiger partial charge on any atom is -0.369 e. The number of nitrogens with zero attached hydrogens (tertiary/aromatic N) is 3. The second-order valence-corrected chi connectivity index (χ2v) is 5.36. The second-order valence-electron chi connectivity index (χ2n) is 4.98. The molecule has 1 aliphatic heterocycles. The summed E-state index contributed by atoms with van der Waals surface area (Å²) in [5.41, 5.74) is 1.21. The summed E-state index contributed by atoms with van der Waals surface area (Å²) in [6.07, 6.45) is 5.11. The van der Waals surface area contributed by atoms with Gasteiger partial charge < -0.3 is 10.0 Å². The van der Waals surface area contributed by atoms with E-state index in [0.717, 1.165) is 31.2 Å². The van der Waals surface area contributed by atoms with E-state index in [2.05, 4.69) is 11.1 Å². The molecule has 98 valence electrons. The van der Waals surface area contributed by atoms with E-state index in [9.17, 15) is 5.11 Å². The number of hydrogen-bond donors (Lipinski definition) is 1. The largest absolute Gasteiger partial charge is 0.369 e. The Morgan fingerprint density at radius 3 is 2.79 bits per heavy atom. The minimum absolute atomic E-state index is 0.233. The fourth-order valence-electron chi connectivity index (χ4n) is 2.91. The predicted octanol–water partition coefficient (Wildman–Crippen LogP) is 2.72. The summed E-state index contributed by atoms with van der Waals surface area (Å²) in [6.45, 7) is 0. The second kappa shape index (κ2) is 4.84. The van der Waals surface area contributed by atoms with Crippen LogP contribution in [0.1, 0.15) is 31.2 Å². The molecule has 1 N–H and O–H groups in total. The molecule has 1 fully saturated rings. The van der Waals surface area contributed by atoms with Gasteiger partial charge in [0.25, 0.3) is 0 Å². The molecule has 0 aromatic carbocycles. The van der Waals surface area contributed by atoms with Crippen molar-refractivity contribution in [2.24, 2.45) is 0 Å². The van der Waals surface area contributed by atoms with Gasteiger partial charge in [0.05, 0.1) is 11.6 Å². The van der Waals surface area contributed by atoms with Crippen LogP contribution in [0, 0.1) is 11.3 Å². The Kier molecular flexibility index (Phi) is 3.17. The highest BCUT2D eigenvalue weighted by molar-refractivity contribution is 6.29. The molecule has 0 spiro atoms. The molecule has 1 saturated carbocycles. The lowest BCUT2D eigenvalue weighted by atomic mass is 10.0. The number of fused-ring (bicyclic) bond motifs is 1. The molecule has 19 heavy (non-hydrogen) atoms. The molecule has 0 bridgehead atoms. The third-order valence-electron chi connectivity index (χ3n) is 3.82. The molecule has 1 aromatic heterocycles. The molecular formula is C14H14ClN3O. The maximum absolute atomic E-state index is 10.4. The van der Waals surface area contributed by atoms with Crippen LogP contribution in [-0.2, 0) is 0 Å². The Labute approximate surface area is 116 Å². The Balaban J connectivity index is 2.10. The van der Waals surface area contributed by atoms with Crippen molar-refractivity contribution in [1.82, 2.24) is 4.98 Å². The van der Waals surface area contributed by atoms with Gasteiger partial charge in [-0.3, -0.25) is 0 Å². The molecular weight excluding hydrogens is 262 g/mol. The number of anilines is 1. The van der Waals surface area contributed by atoms with Crippen molar-refractivity contribution in [1.29, 1.82) is 5.26 Å². The van der Waals surface area contributed by atoms with E-state index in [0.29, 0.717) is 16.5 Å². The van der Waals surface area contributed by atoms with Gasteiger partial charge in [-0.05, 0) is 31.1 Å². The van der Waals surface area contributed by atoms with Crippen LogP contribution in [0.15, 0.2) is 17.7 Å². The molecule has 5 heteroatoms. The lowest BCUT2D eigenvalue weighted by molar-refractivity contribution is 0.195. The van der Waals surface area contributed by atoms with Crippen molar-refractivity contribution in [2.75, 3.05) is 4.90 Å². The van der Waals surface area contributed by atoms with Crippen LogP contribution in [0.3, 0.4) is 0 Å². The Bertz CT molecular complexity index is 573. The predicted molar refractivity (Wildman–Crippen MR) is 73.6 cm³/mol. The maximum atomic E-state index is 10.4. The first-order valence-corrected chi connectivity index (χ1v) is 6.83. The van der Waals surface area contributed by atoms with Gasteiger partial charge in [-0.2, -0.15) is 5.26 Å². The fourth-order valence-corrected chi connectivity index (χ4v) is 3.05. The zero-order valence-corrected chi connectivity index (χ0v) is 11.1. The molecule has 2 heterocycles.